The highest BCUT2D eigenvalue weighted by Gasteiger charge is 2.25. The molecule has 0 spiro atoms. The van der Waals surface area contributed by atoms with Gasteiger partial charge in [0, 0.05) is 19.6 Å². The van der Waals surface area contributed by atoms with Crippen LogP contribution >= 0.6 is 0 Å². The van der Waals surface area contributed by atoms with Gasteiger partial charge in [-0.15, -0.1) is 0 Å². The Labute approximate surface area is 154 Å². The molecule has 1 aromatic heterocycles. The monoisotopic (exact) mass is 376 g/mol. The van der Waals surface area contributed by atoms with E-state index in [1.807, 2.05) is 12.1 Å². The average molecular weight is 376 g/mol. The zero-order chi connectivity index (χ0) is 18.6. The van der Waals surface area contributed by atoms with Gasteiger partial charge in [0.2, 0.25) is 0 Å². The maximum atomic E-state index is 12.4. The zero-order valence-corrected chi connectivity index (χ0v) is 15.7. The SMILES string of the molecule is CCS(=O)(=O)c1ccccc1N1CCCC(CNC(=O)c2ccco2)C1. The van der Waals surface area contributed by atoms with Crippen molar-refractivity contribution in [3.63, 3.8) is 0 Å². The van der Waals surface area contributed by atoms with E-state index in [-0.39, 0.29) is 17.6 Å². The normalized spacial score (nSPS) is 17.9. The second-order valence-corrected chi connectivity index (χ2v) is 8.76. The van der Waals surface area contributed by atoms with E-state index in [0.717, 1.165) is 25.1 Å². The molecule has 1 aromatic carbocycles. The number of hydrogen-bond acceptors (Lipinski definition) is 5. The number of carbonyl (C=O) groups is 1. The van der Waals surface area contributed by atoms with Gasteiger partial charge in [0.1, 0.15) is 0 Å². The van der Waals surface area contributed by atoms with Gasteiger partial charge in [0.05, 0.1) is 22.6 Å². The molecule has 1 atom stereocenters. The fourth-order valence-corrected chi connectivity index (χ4v) is 4.43. The van der Waals surface area contributed by atoms with Gasteiger partial charge in [-0.2, -0.15) is 0 Å². The van der Waals surface area contributed by atoms with E-state index in [1.165, 1.54) is 6.26 Å². The summed E-state index contributed by atoms with van der Waals surface area (Å²) in [6.45, 7) is 3.74. The van der Waals surface area contributed by atoms with Gasteiger partial charge in [-0.3, -0.25) is 4.79 Å². The summed E-state index contributed by atoms with van der Waals surface area (Å²) < 4.78 is 29.9. The summed E-state index contributed by atoms with van der Waals surface area (Å²) in [5, 5.41) is 2.91. The molecule has 0 bridgehead atoms. The minimum Gasteiger partial charge on any atom is -0.459 e. The van der Waals surface area contributed by atoms with E-state index >= 15 is 0 Å². The highest BCUT2D eigenvalue weighted by atomic mass is 32.2. The van der Waals surface area contributed by atoms with Crippen molar-refractivity contribution in [3.05, 3.63) is 48.4 Å². The summed E-state index contributed by atoms with van der Waals surface area (Å²) in [6, 6.07) is 10.5. The lowest BCUT2D eigenvalue weighted by molar-refractivity contribution is 0.0918. The third-order valence-corrected chi connectivity index (χ3v) is 6.51. The molecule has 1 aliphatic rings. The van der Waals surface area contributed by atoms with Crippen LogP contribution in [0, 0.1) is 5.92 Å². The third-order valence-electron chi connectivity index (χ3n) is 4.74. The molecule has 0 aliphatic carbocycles. The fraction of sp³-hybridized carbons (Fsp3) is 0.421. The topological polar surface area (TPSA) is 79.6 Å². The summed E-state index contributed by atoms with van der Waals surface area (Å²) in [7, 11) is -3.27. The molecule has 6 nitrogen and oxygen atoms in total. The first-order valence-corrected chi connectivity index (χ1v) is 10.5. The molecule has 0 saturated carbocycles. The highest BCUT2D eigenvalue weighted by Crippen LogP contribution is 2.29. The van der Waals surface area contributed by atoms with Crippen LogP contribution < -0.4 is 10.2 Å². The van der Waals surface area contributed by atoms with Gasteiger partial charge in [-0.05, 0) is 43.0 Å². The average Bonchev–Trinajstić information content (AvgIpc) is 3.21. The first kappa shape index (κ1) is 18.5. The number of furan rings is 1. The molecule has 2 aromatic rings. The van der Waals surface area contributed by atoms with Crippen molar-refractivity contribution < 1.29 is 17.6 Å². The number of piperidine rings is 1. The summed E-state index contributed by atoms with van der Waals surface area (Å²) in [5.74, 6) is 0.429. The third kappa shape index (κ3) is 4.09. The Balaban J connectivity index is 1.68. The Morgan fingerprint density at radius 2 is 2.08 bits per heavy atom. The molecule has 1 aliphatic heterocycles. The van der Waals surface area contributed by atoms with E-state index in [0.29, 0.717) is 23.7 Å². The number of nitrogens with zero attached hydrogens (tertiary/aromatic N) is 1. The number of carbonyl (C=O) groups excluding carboxylic acids is 1. The van der Waals surface area contributed by atoms with E-state index in [1.54, 1.807) is 31.2 Å². The Kier molecular flexibility index (Phi) is 5.66. The van der Waals surface area contributed by atoms with Crippen LogP contribution in [0.15, 0.2) is 52.0 Å². The number of nitrogens with one attached hydrogen (secondary N) is 1. The molecule has 0 radical (unpaired) electrons. The summed E-state index contributed by atoms with van der Waals surface area (Å²) >= 11 is 0. The highest BCUT2D eigenvalue weighted by molar-refractivity contribution is 7.91. The predicted molar refractivity (Wildman–Crippen MR) is 100 cm³/mol. The predicted octanol–water partition coefficient (Wildman–Crippen LogP) is 2.72. The molecule has 7 heteroatoms. The van der Waals surface area contributed by atoms with Crippen molar-refractivity contribution in [2.75, 3.05) is 30.3 Å². The van der Waals surface area contributed by atoms with Crippen molar-refractivity contribution >= 4 is 21.4 Å². The first-order chi connectivity index (χ1) is 12.5. The van der Waals surface area contributed by atoms with Crippen LogP contribution in [0.4, 0.5) is 5.69 Å². The lowest BCUT2D eigenvalue weighted by Crippen LogP contribution is -2.41. The van der Waals surface area contributed by atoms with Crippen molar-refractivity contribution in [1.29, 1.82) is 0 Å². The molecule has 2 heterocycles. The number of hydrogen-bond donors (Lipinski definition) is 1. The van der Waals surface area contributed by atoms with Crippen LogP contribution in [0.3, 0.4) is 0 Å². The molecule has 1 saturated heterocycles. The molecular formula is C19H24N2O4S. The van der Waals surface area contributed by atoms with Gasteiger partial charge < -0.3 is 14.6 Å². The number of sulfone groups is 1. The van der Waals surface area contributed by atoms with Crippen molar-refractivity contribution in [3.8, 4) is 0 Å². The van der Waals surface area contributed by atoms with Crippen molar-refractivity contribution in [2.24, 2.45) is 5.92 Å². The minimum absolute atomic E-state index is 0.0838. The zero-order valence-electron chi connectivity index (χ0n) is 14.8. The van der Waals surface area contributed by atoms with Crippen LogP contribution in [-0.2, 0) is 9.84 Å². The second kappa shape index (κ2) is 7.95. The number of amides is 1. The van der Waals surface area contributed by atoms with Gasteiger partial charge >= 0.3 is 0 Å². The van der Waals surface area contributed by atoms with Crippen LogP contribution in [-0.4, -0.2) is 39.7 Å². The van der Waals surface area contributed by atoms with Crippen LogP contribution in [0.25, 0.3) is 0 Å². The lowest BCUT2D eigenvalue weighted by Gasteiger charge is -2.35. The van der Waals surface area contributed by atoms with Crippen LogP contribution in [0.1, 0.15) is 30.3 Å². The molecule has 3 rings (SSSR count). The quantitative estimate of drug-likeness (QED) is 0.838. The largest absolute Gasteiger partial charge is 0.459 e. The number of benzene rings is 1. The van der Waals surface area contributed by atoms with Gasteiger partial charge in [0.15, 0.2) is 15.6 Å². The maximum absolute atomic E-state index is 12.4. The Bertz CT molecular complexity index is 846. The van der Waals surface area contributed by atoms with Crippen molar-refractivity contribution in [1.82, 2.24) is 5.32 Å². The number of anilines is 1. The molecular weight excluding hydrogens is 352 g/mol. The van der Waals surface area contributed by atoms with Crippen LogP contribution in [0.2, 0.25) is 0 Å². The molecule has 1 fully saturated rings. The smallest absolute Gasteiger partial charge is 0.286 e. The fourth-order valence-electron chi connectivity index (χ4n) is 3.32. The number of rotatable bonds is 6. The lowest BCUT2D eigenvalue weighted by atomic mass is 9.97. The second-order valence-electron chi connectivity index (χ2n) is 6.51. The molecule has 140 valence electrons. The maximum Gasteiger partial charge on any atom is 0.286 e. The summed E-state index contributed by atoms with van der Waals surface area (Å²) in [6.07, 6.45) is 3.43. The molecule has 1 N–H and O–H groups in total. The number of para-hydroxylation sites is 1. The van der Waals surface area contributed by atoms with Crippen molar-refractivity contribution in [2.45, 2.75) is 24.7 Å². The van der Waals surface area contributed by atoms with Gasteiger partial charge in [0.25, 0.3) is 5.91 Å². The Hall–Kier alpha value is -2.28. The Morgan fingerprint density at radius 1 is 1.27 bits per heavy atom. The Morgan fingerprint density at radius 3 is 2.81 bits per heavy atom. The minimum atomic E-state index is -3.27. The van der Waals surface area contributed by atoms with E-state index in [4.69, 9.17) is 4.42 Å². The molecule has 26 heavy (non-hydrogen) atoms. The van der Waals surface area contributed by atoms with Gasteiger partial charge in [-0.25, -0.2) is 8.42 Å². The van der Waals surface area contributed by atoms with E-state index in [2.05, 4.69) is 10.2 Å². The van der Waals surface area contributed by atoms with Gasteiger partial charge in [-0.1, -0.05) is 19.1 Å². The van der Waals surface area contributed by atoms with E-state index in [9.17, 15) is 13.2 Å². The standard InChI is InChI=1S/C19H24N2O4S/c1-2-26(23,24)18-10-4-3-8-16(18)21-11-5-7-15(14-21)13-20-19(22)17-9-6-12-25-17/h3-4,6,8-10,12,15H,2,5,7,11,13-14H2,1H3,(H,20,22). The van der Waals surface area contributed by atoms with E-state index < -0.39 is 9.84 Å². The summed E-state index contributed by atoms with van der Waals surface area (Å²) in [4.78, 5) is 14.5. The summed E-state index contributed by atoms with van der Waals surface area (Å²) in [5.41, 5.74) is 0.761. The molecule has 1 amide bonds. The first-order valence-electron chi connectivity index (χ1n) is 8.89. The van der Waals surface area contributed by atoms with Crippen LogP contribution in [0.5, 0.6) is 0 Å². The molecule has 1 unspecified atom stereocenters.